The van der Waals surface area contributed by atoms with E-state index in [1.54, 1.807) is 0 Å². The topological polar surface area (TPSA) is 76.2 Å². The van der Waals surface area contributed by atoms with E-state index in [0.717, 1.165) is 15.6 Å². The Kier molecular flexibility index (Phi) is 3.76. The summed E-state index contributed by atoms with van der Waals surface area (Å²) in [4.78, 5) is 10.5. The first-order valence-electron chi connectivity index (χ1n) is 5.37. The van der Waals surface area contributed by atoms with Gasteiger partial charge in [-0.1, -0.05) is 22.0 Å². The van der Waals surface area contributed by atoms with Gasteiger partial charge in [-0.15, -0.1) is 10.2 Å². The van der Waals surface area contributed by atoms with Crippen LogP contribution >= 0.6 is 15.9 Å². The fourth-order valence-corrected chi connectivity index (χ4v) is 1.86. The number of aryl methyl sites for hydroxylation is 2. The number of aromatic nitrogens is 2. The number of hydrogen-bond acceptors (Lipinski definition) is 4. The molecule has 0 atom stereocenters. The van der Waals surface area contributed by atoms with Gasteiger partial charge in [0.1, 0.15) is 0 Å². The number of nitrogens with zero attached hydrogens (tertiary/aromatic N) is 2. The minimum absolute atomic E-state index is 0.0148. The first-order chi connectivity index (χ1) is 8.56. The fraction of sp³-hybridized carbons (Fsp3) is 0.250. The second-order valence-corrected chi connectivity index (χ2v) is 4.77. The van der Waals surface area contributed by atoms with E-state index in [2.05, 4.69) is 26.1 Å². The van der Waals surface area contributed by atoms with E-state index in [1.807, 2.05) is 25.1 Å². The molecule has 5 nitrogen and oxygen atoms in total. The molecule has 0 spiro atoms. The van der Waals surface area contributed by atoms with Crippen LogP contribution in [0.2, 0.25) is 0 Å². The maximum Gasteiger partial charge on any atom is 0.303 e. The molecule has 0 fully saturated rings. The summed E-state index contributed by atoms with van der Waals surface area (Å²) >= 11 is 3.38. The molecule has 1 aromatic heterocycles. The lowest BCUT2D eigenvalue weighted by molar-refractivity contribution is -0.137. The van der Waals surface area contributed by atoms with E-state index >= 15 is 0 Å². The van der Waals surface area contributed by atoms with Crippen LogP contribution < -0.4 is 0 Å². The van der Waals surface area contributed by atoms with Crippen LogP contribution in [0.1, 0.15) is 17.9 Å². The SMILES string of the molecule is Cc1ccc(Br)cc1-c1nnc(CCC(=O)O)o1. The van der Waals surface area contributed by atoms with Gasteiger partial charge in [-0.3, -0.25) is 4.79 Å². The van der Waals surface area contributed by atoms with E-state index in [-0.39, 0.29) is 12.8 Å². The standard InChI is InChI=1S/C12H11BrN2O3/c1-7-2-3-8(13)6-9(7)12-15-14-10(18-12)4-5-11(16)17/h2-3,6H,4-5H2,1H3,(H,16,17). The van der Waals surface area contributed by atoms with Crippen molar-refractivity contribution in [1.29, 1.82) is 0 Å². The Hall–Kier alpha value is -1.69. The Labute approximate surface area is 112 Å². The monoisotopic (exact) mass is 310 g/mol. The van der Waals surface area contributed by atoms with E-state index in [9.17, 15) is 4.79 Å². The molecule has 0 bridgehead atoms. The molecule has 0 saturated heterocycles. The maximum atomic E-state index is 10.5. The molecule has 18 heavy (non-hydrogen) atoms. The predicted octanol–water partition coefficient (Wildman–Crippen LogP) is 2.82. The van der Waals surface area contributed by atoms with E-state index in [0.29, 0.717) is 11.8 Å². The van der Waals surface area contributed by atoms with Crippen molar-refractivity contribution in [2.75, 3.05) is 0 Å². The van der Waals surface area contributed by atoms with Gasteiger partial charge in [0.15, 0.2) is 0 Å². The molecule has 1 heterocycles. The van der Waals surface area contributed by atoms with Crippen molar-refractivity contribution in [3.05, 3.63) is 34.1 Å². The highest BCUT2D eigenvalue weighted by Crippen LogP contribution is 2.25. The number of carbonyl (C=O) groups is 1. The van der Waals surface area contributed by atoms with Crippen molar-refractivity contribution in [3.63, 3.8) is 0 Å². The van der Waals surface area contributed by atoms with Crippen LogP contribution in [0.3, 0.4) is 0 Å². The molecule has 0 aliphatic heterocycles. The number of halogens is 1. The normalized spacial score (nSPS) is 10.6. The minimum Gasteiger partial charge on any atom is -0.481 e. The third-order valence-corrected chi connectivity index (χ3v) is 2.94. The van der Waals surface area contributed by atoms with Crippen LogP contribution in [0, 0.1) is 6.92 Å². The summed E-state index contributed by atoms with van der Waals surface area (Å²) in [6.07, 6.45) is 0.231. The van der Waals surface area contributed by atoms with Crippen LogP contribution in [0.5, 0.6) is 0 Å². The average molecular weight is 311 g/mol. The van der Waals surface area contributed by atoms with Gasteiger partial charge in [0.05, 0.1) is 6.42 Å². The minimum atomic E-state index is -0.881. The summed E-state index contributed by atoms with van der Waals surface area (Å²) in [6.45, 7) is 1.95. The van der Waals surface area contributed by atoms with Gasteiger partial charge in [-0.05, 0) is 24.6 Å². The van der Waals surface area contributed by atoms with Crippen LogP contribution in [-0.2, 0) is 11.2 Å². The molecule has 2 aromatic rings. The number of carboxylic acids is 1. The van der Waals surface area contributed by atoms with Gasteiger partial charge in [-0.2, -0.15) is 0 Å². The van der Waals surface area contributed by atoms with Crippen molar-refractivity contribution in [2.45, 2.75) is 19.8 Å². The summed E-state index contributed by atoms with van der Waals surface area (Å²) in [5.74, 6) is -0.130. The van der Waals surface area contributed by atoms with E-state index in [4.69, 9.17) is 9.52 Å². The quantitative estimate of drug-likeness (QED) is 0.939. The molecule has 0 radical (unpaired) electrons. The molecular formula is C12H11BrN2O3. The molecule has 0 amide bonds. The largest absolute Gasteiger partial charge is 0.481 e. The molecule has 0 saturated carbocycles. The van der Waals surface area contributed by atoms with Crippen LogP contribution in [0.4, 0.5) is 0 Å². The first kappa shape index (κ1) is 12.8. The van der Waals surface area contributed by atoms with Crippen molar-refractivity contribution >= 4 is 21.9 Å². The Balaban J connectivity index is 2.23. The number of benzene rings is 1. The van der Waals surface area contributed by atoms with Gasteiger partial charge in [0.2, 0.25) is 11.8 Å². The van der Waals surface area contributed by atoms with E-state index < -0.39 is 5.97 Å². The molecule has 0 unspecified atom stereocenters. The first-order valence-corrected chi connectivity index (χ1v) is 6.16. The Morgan fingerprint density at radius 1 is 1.44 bits per heavy atom. The number of rotatable bonds is 4. The molecule has 94 valence electrons. The van der Waals surface area contributed by atoms with Crippen molar-refractivity contribution in [3.8, 4) is 11.5 Å². The molecular weight excluding hydrogens is 300 g/mol. The van der Waals surface area contributed by atoms with Gasteiger partial charge in [0, 0.05) is 16.5 Å². The van der Waals surface area contributed by atoms with Crippen LogP contribution in [-0.4, -0.2) is 21.3 Å². The van der Waals surface area contributed by atoms with Crippen molar-refractivity contribution in [2.24, 2.45) is 0 Å². The van der Waals surface area contributed by atoms with Crippen LogP contribution in [0.25, 0.3) is 11.5 Å². The molecule has 6 heteroatoms. The smallest absolute Gasteiger partial charge is 0.303 e. The fourth-order valence-electron chi connectivity index (χ4n) is 1.50. The predicted molar refractivity (Wildman–Crippen MR) is 68.1 cm³/mol. The van der Waals surface area contributed by atoms with Gasteiger partial charge < -0.3 is 9.52 Å². The lowest BCUT2D eigenvalue weighted by Gasteiger charge is -2.00. The Morgan fingerprint density at radius 3 is 2.94 bits per heavy atom. The molecule has 1 N–H and O–H groups in total. The highest BCUT2D eigenvalue weighted by Gasteiger charge is 2.12. The van der Waals surface area contributed by atoms with Crippen LogP contribution in [0.15, 0.2) is 27.1 Å². The summed E-state index contributed by atoms with van der Waals surface area (Å²) in [5, 5.41) is 16.4. The van der Waals surface area contributed by atoms with Crippen molar-refractivity contribution in [1.82, 2.24) is 10.2 Å². The number of aliphatic carboxylic acids is 1. The van der Waals surface area contributed by atoms with Gasteiger partial charge in [-0.25, -0.2) is 0 Å². The zero-order valence-corrected chi connectivity index (χ0v) is 11.3. The summed E-state index contributed by atoms with van der Waals surface area (Å²) in [5.41, 5.74) is 1.87. The van der Waals surface area contributed by atoms with E-state index in [1.165, 1.54) is 0 Å². The molecule has 1 aromatic carbocycles. The lowest BCUT2D eigenvalue weighted by atomic mass is 10.1. The number of carboxylic acid groups (broad SMARTS) is 1. The Morgan fingerprint density at radius 2 is 2.22 bits per heavy atom. The zero-order chi connectivity index (χ0) is 13.1. The van der Waals surface area contributed by atoms with Crippen molar-refractivity contribution < 1.29 is 14.3 Å². The van der Waals surface area contributed by atoms with Gasteiger partial charge >= 0.3 is 5.97 Å². The second kappa shape index (κ2) is 5.30. The number of hydrogen-bond donors (Lipinski definition) is 1. The third-order valence-electron chi connectivity index (χ3n) is 2.45. The average Bonchev–Trinajstić information content (AvgIpc) is 2.78. The second-order valence-electron chi connectivity index (χ2n) is 3.85. The molecule has 0 aliphatic rings. The zero-order valence-electron chi connectivity index (χ0n) is 9.68. The Bertz CT molecular complexity index is 580. The molecule has 2 rings (SSSR count). The summed E-state index contributed by atoms with van der Waals surface area (Å²) in [6, 6.07) is 5.77. The molecule has 0 aliphatic carbocycles. The lowest BCUT2D eigenvalue weighted by Crippen LogP contribution is -1.97. The third kappa shape index (κ3) is 2.95. The maximum absolute atomic E-state index is 10.5. The highest BCUT2D eigenvalue weighted by atomic mass is 79.9. The summed E-state index contributed by atoms with van der Waals surface area (Å²) in [7, 11) is 0. The van der Waals surface area contributed by atoms with Gasteiger partial charge in [0.25, 0.3) is 0 Å². The highest BCUT2D eigenvalue weighted by molar-refractivity contribution is 9.10. The summed E-state index contributed by atoms with van der Waals surface area (Å²) < 4.78 is 6.37.